The monoisotopic (exact) mass is 415 g/mol. The van der Waals surface area contributed by atoms with Crippen LogP contribution in [0.25, 0.3) is 11.5 Å². The van der Waals surface area contributed by atoms with Crippen LogP contribution in [0.1, 0.15) is 35.0 Å². The van der Waals surface area contributed by atoms with E-state index in [0.29, 0.717) is 41.9 Å². The zero-order valence-electron chi connectivity index (χ0n) is 16.8. The highest BCUT2D eigenvalue weighted by Gasteiger charge is 2.29. The highest BCUT2D eigenvalue weighted by molar-refractivity contribution is 5.97. The molecule has 4 aromatic rings. The quantitative estimate of drug-likeness (QED) is 0.449. The lowest BCUT2D eigenvalue weighted by molar-refractivity contribution is 0.0704. The van der Waals surface area contributed by atoms with Crippen molar-refractivity contribution in [1.82, 2.24) is 15.1 Å². The SMILES string of the molecule is O=C(c1ccccc1Oc1ccccc1)N1CCC(c2nnc(-c3ccoc3)o2)CC1. The number of ether oxygens (including phenoxy) is 1. The van der Waals surface area contributed by atoms with Crippen molar-refractivity contribution >= 4 is 5.91 Å². The van der Waals surface area contributed by atoms with Crippen LogP contribution in [-0.2, 0) is 0 Å². The summed E-state index contributed by atoms with van der Waals surface area (Å²) in [7, 11) is 0. The van der Waals surface area contributed by atoms with Crippen molar-refractivity contribution in [3.05, 3.63) is 84.6 Å². The van der Waals surface area contributed by atoms with Gasteiger partial charge in [0.15, 0.2) is 0 Å². The number of likely N-dealkylation sites (tertiary alicyclic amines) is 1. The molecule has 1 saturated heterocycles. The Morgan fingerprint density at radius 3 is 2.52 bits per heavy atom. The first-order chi connectivity index (χ1) is 15.3. The molecule has 2 aromatic heterocycles. The third-order valence-corrected chi connectivity index (χ3v) is 5.43. The van der Waals surface area contributed by atoms with Gasteiger partial charge in [0.2, 0.25) is 5.89 Å². The van der Waals surface area contributed by atoms with Crippen LogP contribution in [0.15, 0.2) is 82.0 Å². The van der Waals surface area contributed by atoms with Crippen LogP contribution >= 0.6 is 0 Å². The van der Waals surface area contributed by atoms with Gasteiger partial charge in [0.1, 0.15) is 17.8 Å². The zero-order chi connectivity index (χ0) is 21.0. The van der Waals surface area contributed by atoms with Crippen molar-refractivity contribution in [3.63, 3.8) is 0 Å². The first kappa shape index (κ1) is 19.1. The lowest BCUT2D eigenvalue weighted by atomic mass is 9.96. The maximum atomic E-state index is 13.2. The summed E-state index contributed by atoms with van der Waals surface area (Å²) in [6.07, 6.45) is 4.68. The van der Waals surface area contributed by atoms with Gasteiger partial charge in [-0.25, -0.2) is 0 Å². The van der Waals surface area contributed by atoms with E-state index >= 15 is 0 Å². The van der Waals surface area contributed by atoms with Crippen molar-refractivity contribution in [3.8, 4) is 23.0 Å². The Hall–Kier alpha value is -3.87. The first-order valence-corrected chi connectivity index (χ1v) is 10.2. The molecule has 5 rings (SSSR count). The molecule has 7 nitrogen and oxygen atoms in total. The Labute approximate surface area is 179 Å². The number of furan rings is 1. The lowest BCUT2D eigenvalue weighted by Gasteiger charge is -2.30. The van der Waals surface area contributed by atoms with Crippen LogP contribution < -0.4 is 4.74 Å². The number of carbonyl (C=O) groups excluding carboxylic acids is 1. The maximum Gasteiger partial charge on any atom is 0.257 e. The molecule has 1 amide bonds. The van der Waals surface area contributed by atoms with Gasteiger partial charge in [-0.05, 0) is 43.2 Å². The predicted molar refractivity (Wildman–Crippen MR) is 113 cm³/mol. The molecule has 0 spiro atoms. The Morgan fingerprint density at radius 1 is 0.968 bits per heavy atom. The van der Waals surface area contributed by atoms with Crippen molar-refractivity contribution in [1.29, 1.82) is 0 Å². The van der Waals surface area contributed by atoms with Crippen LogP contribution in [0.5, 0.6) is 11.5 Å². The minimum Gasteiger partial charge on any atom is -0.472 e. The van der Waals surface area contributed by atoms with E-state index in [9.17, 15) is 4.79 Å². The highest BCUT2D eigenvalue weighted by atomic mass is 16.5. The van der Waals surface area contributed by atoms with E-state index in [2.05, 4.69) is 10.2 Å². The number of benzene rings is 2. The Balaban J connectivity index is 1.26. The van der Waals surface area contributed by atoms with Crippen LogP contribution in [0.4, 0.5) is 0 Å². The third-order valence-electron chi connectivity index (χ3n) is 5.43. The zero-order valence-corrected chi connectivity index (χ0v) is 16.8. The molecule has 0 aliphatic carbocycles. The molecular formula is C24H21N3O4. The normalized spacial score (nSPS) is 14.5. The van der Waals surface area contributed by atoms with E-state index in [1.165, 1.54) is 0 Å². The smallest absolute Gasteiger partial charge is 0.257 e. The molecular weight excluding hydrogens is 394 g/mol. The van der Waals surface area contributed by atoms with Gasteiger partial charge in [0.25, 0.3) is 11.8 Å². The molecule has 2 aromatic carbocycles. The Kier molecular flexibility index (Phi) is 5.22. The summed E-state index contributed by atoms with van der Waals surface area (Å²) in [6, 6.07) is 18.6. The largest absolute Gasteiger partial charge is 0.472 e. The highest BCUT2D eigenvalue weighted by Crippen LogP contribution is 2.32. The van der Waals surface area contributed by atoms with Gasteiger partial charge in [-0.3, -0.25) is 4.79 Å². The van der Waals surface area contributed by atoms with Gasteiger partial charge < -0.3 is 18.5 Å². The summed E-state index contributed by atoms with van der Waals surface area (Å²) in [5.41, 5.74) is 1.33. The fraction of sp³-hybridized carbons (Fsp3) is 0.208. The summed E-state index contributed by atoms with van der Waals surface area (Å²) in [4.78, 5) is 15.1. The van der Waals surface area contributed by atoms with Crippen molar-refractivity contribution in [2.24, 2.45) is 0 Å². The van der Waals surface area contributed by atoms with Crippen molar-refractivity contribution < 1.29 is 18.4 Å². The topological polar surface area (TPSA) is 81.6 Å². The lowest BCUT2D eigenvalue weighted by Crippen LogP contribution is -2.38. The van der Waals surface area contributed by atoms with E-state index in [1.54, 1.807) is 18.6 Å². The minimum atomic E-state index is -0.0328. The van der Waals surface area contributed by atoms with E-state index in [4.69, 9.17) is 13.6 Å². The molecule has 1 aliphatic heterocycles. The van der Waals surface area contributed by atoms with Gasteiger partial charge in [-0.1, -0.05) is 30.3 Å². The second-order valence-electron chi connectivity index (χ2n) is 7.44. The minimum absolute atomic E-state index is 0.0328. The van der Waals surface area contributed by atoms with Gasteiger partial charge in [0, 0.05) is 19.0 Å². The summed E-state index contributed by atoms with van der Waals surface area (Å²) in [5, 5.41) is 8.32. The fourth-order valence-corrected chi connectivity index (χ4v) is 3.75. The molecule has 7 heteroatoms. The maximum absolute atomic E-state index is 13.2. The molecule has 0 atom stereocenters. The van der Waals surface area contributed by atoms with Crippen LogP contribution in [0.2, 0.25) is 0 Å². The number of carbonyl (C=O) groups is 1. The molecule has 0 bridgehead atoms. The molecule has 1 fully saturated rings. The summed E-state index contributed by atoms with van der Waals surface area (Å²) >= 11 is 0. The van der Waals surface area contributed by atoms with Gasteiger partial charge in [-0.2, -0.15) is 0 Å². The summed E-state index contributed by atoms with van der Waals surface area (Å²) in [5.74, 6) is 2.42. The summed E-state index contributed by atoms with van der Waals surface area (Å²) < 4.78 is 16.9. The number of piperidine rings is 1. The number of para-hydroxylation sites is 2. The molecule has 0 N–H and O–H groups in total. The number of hydrogen-bond donors (Lipinski definition) is 0. The number of hydrogen-bond acceptors (Lipinski definition) is 6. The van der Waals surface area contributed by atoms with Crippen LogP contribution in [0.3, 0.4) is 0 Å². The van der Waals surface area contributed by atoms with E-state index in [0.717, 1.165) is 18.4 Å². The second kappa shape index (κ2) is 8.47. The molecule has 31 heavy (non-hydrogen) atoms. The number of rotatable bonds is 5. The molecule has 0 saturated carbocycles. The molecule has 0 radical (unpaired) electrons. The second-order valence-corrected chi connectivity index (χ2v) is 7.44. The standard InChI is InChI=1S/C24H21N3O4/c28-24(20-8-4-5-9-21(20)30-19-6-2-1-3-7-19)27-13-10-17(11-14-27)22-25-26-23(31-22)18-12-15-29-16-18/h1-9,12,15-17H,10-11,13-14H2. The number of aromatic nitrogens is 2. The average molecular weight is 415 g/mol. The molecule has 3 heterocycles. The summed E-state index contributed by atoms with van der Waals surface area (Å²) in [6.45, 7) is 1.24. The fourth-order valence-electron chi connectivity index (χ4n) is 3.75. The van der Waals surface area contributed by atoms with Crippen LogP contribution in [0, 0.1) is 0 Å². The molecule has 1 aliphatic rings. The predicted octanol–water partition coefficient (Wildman–Crippen LogP) is 5.14. The van der Waals surface area contributed by atoms with Gasteiger partial charge >= 0.3 is 0 Å². The van der Waals surface area contributed by atoms with Gasteiger partial charge in [0.05, 0.1) is 17.4 Å². The first-order valence-electron chi connectivity index (χ1n) is 10.2. The molecule has 0 unspecified atom stereocenters. The average Bonchev–Trinajstić information content (AvgIpc) is 3.52. The van der Waals surface area contributed by atoms with Crippen molar-refractivity contribution in [2.45, 2.75) is 18.8 Å². The number of amides is 1. The Bertz CT molecular complexity index is 1150. The van der Waals surface area contributed by atoms with E-state index < -0.39 is 0 Å². The third kappa shape index (κ3) is 4.07. The van der Waals surface area contributed by atoms with Gasteiger partial charge in [-0.15, -0.1) is 10.2 Å². The van der Waals surface area contributed by atoms with E-state index in [1.807, 2.05) is 59.5 Å². The molecule has 156 valence electrons. The van der Waals surface area contributed by atoms with E-state index in [-0.39, 0.29) is 11.8 Å². The van der Waals surface area contributed by atoms with Crippen molar-refractivity contribution in [2.75, 3.05) is 13.1 Å². The van der Waals surface area contributed by atoms with Crippen LogP contribution in [-0.4, -0.2) is 34.1 Å². The Morgan fingerprint density at radius 2 is 1.74 bits per heavy atom. The number of nitrogens with zero attached hydrogens (tertiary/aromatic N) is 3.